The van der Waals surface area contributed by atoms with Crippen LogP contribution < -0.4 is 0 Å². The zero-order valence-corrected chi connectivity index (χ0v) is 8.59. The lowest BCUT2D eigenvalue weighted by Crippen LogP contribution is -2.12. The van der Waals surface area contributed by atoms with Gasteiger partial charge in [-0.1, -0.05) is 0 Å². The van der Waals surface area contributed by atoms with E-state index in [1.807, 2.05) is 0 Å². The predicted octanol–water partition coefficient (Wildman–Crippen LogP) is 2.57. The maximum atomic E-state index is 12.8. The maximum absolute atomic E-state index is 12.8. The number of carbonyl (C=O) groups is 1. The van der Waals surface area contributed by atoms with Crippen LogP contribution in [0, 0.1) is 11.6 Å². The van der Waals surface area contributed by atoms with Crippen LogP contribution in [0.5, 0.6) is 0 Å². The Morgan fingerprint density at radius 2 is 1.87 bits per heavy atom. The number of Topliss-reactive ketones (excluding diaryl/α,β-unsaturated/α-hetero) is 1. The largest absolute Gasteiger partial charge is 0.381 e. The summed E-state index contributed by atoms with van der Waals surface area (Å²) >= 11 is 0. The molecule has 0 amide bonds. The van der Waals surface area contributed by atoms with Crippen molar-refractivity contribution in [1.82, 2.24) is 0 Å². The summed E-state index contributed by atoms with van der Waals surface area (Å²) in [5.74, 6) is -1.82. The van der Waals surface area contributed by atoms with Crippen LogP contribution >= 0.6 is 0 Å². The van der Waals surface area contributed by atoms with Gasteiger partial charge in [0.25, 0.3) is 0 Å². The van der Waals surface area contributed by atoms with Crippen molar-refractivity contribution in [3.63, 3.8) is 0 Å². The van der Waals surface area contributed by atoms with Crippen LogP contribution in [0.25, 0.3) is 0 Å². The van der Waals surface area contributed by atoms with Gasteiger partial charge in [0.15, 0.2) is 5.78 Å². The highest BCUT2D eigenvalue weighted by atomic mass is 19.1. The van der Waals surface area contributed by atoms with Gasteiger partial charge in [-0.2, -0.15) is 0 Å². The lowest BCUT2D eigenvalue weighted by molar-refractivity contribution is 0.0791. The second-order valence-electron chi connectivity index (χ2n) is 3.33. The van der Waals surface area contributed by atoms with E-state index in [4.69, 9.17) is 4.74 Å². The van der Waals surface area contributed by atoms with E-state index >= 15 is 0 Å². The second-order valence-corrected chi connectivity index (χ2v) is 3.33. The van der Waals surface area contributed by atoms with Crippen molar-refractivity contribution >= 4 is 5.78 Å². The third-order valence-electron chi connectivity index (χ3n) is 2.06. The van der Waals surface area contributed by atoms with E-state index in [1.54, 1.807) is 6.92 Å². The third-order valence-corrected chi connectivity index (χ3v) is 2.06. The highest BCUT2D eigenvalue weighted by Crippen LogP contribution is 2.11. The molecule has 1 aromatic carbocycles. The second kappa shape index (κ2) is 4.98. The summed E-state index contributed by atoms with van der Waals surface area (Å²) in [7, 11) is 1.48. The van der Waals surface area contributed by atoms with Crippen LogP contribution in [-0.2, 0) is 4.74 Å². The molecule has 0 fully saturated rings. The maximum Gasteiger partial charge on any atom is 0.165 e. The Kier molecular flexibility index (Phi) is 3.91. The van der Waals surface area contributed by atoms with Gasteiger partial charge in [-0.05, 0) is 19.1 Å². The van der Waals surface area contributed by atoms with Gasteiger partial charge in [0.1, 0.15) is 11.6 Å². The molecule has 0 aliphatic carbocycles. The SMILES string of the molecule is COC(C)CC(=O)c1cc(F)cc(F)c1. The summed E-state index contributed by atoms with van der Waals surface area (Å²) in [5.41, 5.74) is 0.0383. The fraction of sp³-hybridized carbons (Fsp3) is 0.364. The van der Waals surface area contributed by atoms with Crippen LogP contribution in [0.1, 0.15) is 23.7 Å². The minimum absolute atomic E-state index is 0.0383. The molecule has 0 radical (unpaired) electrons. The number of rotatable bonds is 4. The smallest absolute Gasteiger partial charge is 0.165 e. The average molecular weight is 214 g/mol. The minimum Gasteiger partial charge on any atom is -0.381 e. The van der Waals surface area contributed by atoms with E-state index in [-0.39, 0.29) is 23.9 Å². The van der Waals surface area contributed by atoms with Gasteiger partial charge in [-0.25, -0.2) is 8.78 Å². The highest BCUT2D eigenvalue weighted by Gasteiger charge is 2.12. The number of hydrogen-bond donors (Lipinski definition) is 0. The van der Waals surface area contributed by atoms with E-state index < -0.39 is 11.6 Å². The zero-order chi connectivity index (χ0) is 11.4. The molecular weight excluding hydrogens is 202 g/mol. The average Bonchev–Trinajstić information content (AvgIpc) is 2.16. The van der Waals surface area contributed by atoms with Gasteiger partial charge < -0.3 is 4.74 Å². The zero-order valence-electron chi connectivity index (χ0n) is 8.59. The molecule has 0 bridgehead atoms. The van der Waals surface area contributed by atoms with Crippen molar-refractivity contribution in [3.8, 4) is 0 Å². The number of ketones is 1. The van der Waals surface area contributed by atoms with Gasteiger partial charge in [0.2, 0.25) is 0 Å². The van der Waals surface area contributed by atoms with E-state index in [0.29, 0.717) is 0 Å². The summed E-state index contributed by atoms with van der Waals surface area (Å²) < 4.78 is 30.5. The first-order valence-corrected chi connectivity index (χ1v) is 4.55. The Labute approximate surface area is 86.9 Å². The Morgan fingerprint density at radius 1 is 1.33 bits per heavy atom. The van der Waals surface area contributed by atoms with Crippen LogP contribution in [0.2, 0.25) is 0 Å². The Hall–Kier alpha value is -1.29. The quantitative estimate of drug-likeness (QED) is 0.720. The minimum atomic E-state index is -0.747. The molecule has 1 atom stereocenters. The molecule has 0 aliphatic rings. The molecule has 0 N–H and O–H groups in total. The first-order valence-electron chi connectivity index (χ1n) is 4.55. The third kappa shape index (κ3) is 3.40. The Balaban J connectivity index is 2.82. The summed E-state index contributed by atoms with van der Waals surface area (Å²) in [6.07, 6.45) is -0.150. The molecule has 0 saturated heterocycles. The van der Waals surface area contributed by atoms with Gasteiger partial charge in [0, 0.05) is 25.2 Å². The van der Waals surface area contributed by atoms with E-state index in [2.05, 4.69) is 0 Å². The van der Waals surface area contributed by atoms with Gasteiger partial charge in [-0.15, -0.1) is 0 Å². The van der Waals surface area contributed by atoms with Gasteiger partial charge in [-0.3, -0.25) is 4.79 Å². The fourth-order valence-corrected chi connectivity index (χ4v) is 1.18. The van der Waals surface area contributed by atoms with E-state index in [0.717, 1.165) is 18.2 Å². The molecule has 1 aromatic rings. The van der Waals surface area contributed by atoms with Gasteiger partial charge >= 0.3 is 0 Å². The molecule has 1 unspecified atom stereocenters. The molecule has 0 spiro atoms. The number of carbonyl (C=O) groups excluding carboxylic acids is 1. The molecular formula is C11H12F2O2. The van der Waals surface area contributed by atoms with Crippen molar-refractivity contribution in [2.75, 3.05) is 7.11 Å². The first kappa shape index (κ1) is 11.8. The number of methoxy groups -OCH3 is 1. The molecule has 0 saturated carbocycles. The summed E-state index contributed by atoms with van der Waals surface area (Å²) in [4.78, 5) is 11.5. The lowest BCUT2D eigenvalue weighted by atomic mass is 10.1. The topological polar surface area (TPSA) is 26.3 Å². The predicted molar refractivity (Wildman–Crippen MR) is 51.8 cm³/mol. The summed E-state index contributed by atoms with van der Waals surface area (Å²) in [6, 6.07) is 2.78. The number of hydrogen-bond acceptors (Lipinski definition) is 2. The number of ether oxygens (including phenoxy) is 1. The van der Waals surface area contributed by atoms with Gasteiger partial charge in [0.05, 0.1) is 6.10 Å². The molecule has 0 aromatic heterocycles. The standard InChI is InChI=1S/C11H12F2O2/c1-7(15-2)3-11(14)8-4-9(12)6-10(13)5-8/h4-7H,3H2,1-2H3. The van der Waals surface area contributed by atoms with Crippen LogP contribution in [0.15, 0.2) is 18.2 Å². The molecule has 0 aliphatic heterocycles. The molecule has 0 heterocycles. The van der Waals surface area contributed by atoms with Crippen molar-refractivity contribution in [1.29, 1.82) is 0 Å². The molecule has 4 heteroatoms. The van der Waals surface area contributed by atoms with Crippen molar-refractivity contribution in [3.05, 3.63) is 35.4 Å². The molecule has 1 rings (SSSR count). The van der Waals surface area contributed by atoms with Crippen molar-refractivity contribution < 1.29 is 18.3 Å². The normalized spacial score (nSPS) is 12.5. The molecule has 82 valence electrons. The van der Waals surface area contributed by atoms with Crippen molar-refractivity contribution in [2.45, 2.75) is 19.4 Å². The summed E-state index contributed by atoms with van der Waals surface area (Å²) in [6.45, 7) is 1.72. The number of halogens is 2. The van der Waals surface area contributed by atoms with Crippen LogP contribution in [0.4, 0.5) is 8.78 Å². The monoisotopic (exact) mass is 214 g/mol. The Morgan fingerprint density at radius 3 is 2.33 bits per heavy atom. The molecule has 15 heavy (non-hydrogen) atoms. The first-order chi connectivity index (χ1) is 7.02. The lowest BCUT2D eigenvalue weighted by Gasteiger charge is -2.08. The highest BCUT2D eigenvalue weighted by molar-refractivity contribution is 5.96. The van der Waals surface area contributed by atoms with Crippen LogP contribution in [-0.4, -0.2) is 19.0 Å². The summed E-state index contributed by atoms with van der Waals surface area (Å²) in [5, 5.41) is 0. The fourth-order valence-electron chi connectivity index (χ4n) is 1.18. The Bertz CT molecular complexity index is 343. The van der Waals surface area contributed by atoms with Crippen molar-refractivity contribution in [2.24, 2.45) is 0 Å². The van der Waals surface area contributed by atoms with Crippen LogP contribution in [0.3, 0.4) is 0 Å². The molecule has 2 nitrogen and oxygen atoms in total. The van der Waals surface area contributed by atoms with E-state index in [9.17, 15) is 13.6 Å². The van der Waals surface area contributed by atoms with E-state index in [1.165, 1.54) is 7.11 Å². The number of benzene rings is 1.